The van der Waals surface area contributed by atoms with Gasteiger partial charge in [-0.25, -0.2) is 8.42 Å². The first-order valence-corrected chi connectivity index (χ1v) is 10.2. The standard InChI is InChI=1S/C19H22ClNO3S/c1-14-7-8-15(2)17(11-14)13-25(23,24)10-9-19(22)21-12-16-5-3-4-6-18(16)20/h3-8,11H,9-10,12-13H2,1-2H3,(H,21,22). The third kappa shape index (κ3) is 6.18. The molecule has 0 aliphatic rings. The van der Waals surface area contributed by atoms with Gasteiger partial charge in [-0.2, -0.15) is 0 Å². The maximum atomic E-state index is 12.3. The average molecular weight is 380 g/mol. The molecule has 0 aliphatic heterocycles. The molecule has 4 nitrogen and oxygen atoms in total. The van der Waals surface area contributed by atoms with Gasteiger partial charge < -0.3 is 5.32 Å². The summed E-state index contributed by atoms with van der Waals surface area (Å²) in [5.74, 6) is -0.517. The first-order valence-electron chi connectivity index (χ1n) is 8.03. The third-order valence-corrected chi connectivity index (χ3v) is 5.90. The van der Waals surface area contributed by atoms with Gasteiger partial charge in [-0.15, -0.1) is 0 Å². The molecule has 6 heteroatoms. The fraction of sp³-hybridized carbons (Fsp3) is 0.316. The lowest BCUT2D eigenvalue weighted by Crippen LogP contribution is -2.25. The number of amides is 1. The van der Waals surface area contributed by atoms with Crippen LogP contribution in [0.1, 0.15) is 28.7 Å². The summed E-state index contributed by atoms with van der Waals surface area (Å²) in [5.41, 5.74) is 3.55. The number of aryl methyl sites for hydroxylation is 2. The number of carbonyl (C=O) groups is 1. The average Bonchev–Trinajstić information content (AvgIpc) is 2.55. The smallest absolute Gasteiger partial charge is 0.221 e. The number of nitrogens with one attached hydrogen (secondary N) is 1. The van der Waals surface area contributed by atoms with E-state index < -0.39 is 9.84 Å². The van der Waals surface area contributed by atoms with Gasteiger partial charge in [-0.05, 0) is 36.6 Å². The first kappa shape index (κ1) is 19.5. The van der Waals surface area contributed by atoms with Crippen molar-refractivity contribution >= 4 is 27.3 Å². The SMILES string of the molecule is Cc1ccc(C)c(CS(=O)(=O)CCC(=O)NCc2ccccc2Cl)c1. The summed E-state index contributed by atoms with van der Waals surface area (Å²) in [7, 11) is -3.35. The predicted molar refractivity (Wildman–Crippen MR) is 101 cm³/mol. The molecule has 1 amide bonds. The molecule has 0 saturated carbocycles. The molecule has 0 heterocycles. The Morgan fingerprint density at radius 2 is 1.80 bits per heavy atom. The summed E-state index contributed by atoms with van der Waals surface area (Å²) >= 11 is 6.03. The largest absolute Gasteiger partial charge is 0.352 e. The van der Waals surface area contributed by atoms with Crippen LogP contribution in [0, 0.1) is 13.8 Å². The Morgan fingerprint density at radius 1 is 1.08 bits per heavy atom. The highest BCUT2D eigenvalue weighted by Gasteiger charge is 2.16. The lowest BCUT2D eigenvalue weighted by molar-refractivity contribution is -0.120. The number of hydrogen-bond acceptors (Lipinski definition) is 3. The van der Waals surface area contributed by atoms with E-state index in [2.05, 4.69) is 5.32 Å². The Balaban J connectivity index is 1.87. The van der Waals surface area contributed by atoms with Gasteiger partial charge in [0.25, 0.3) is 0 Å². The summed E-state index contributed by atoms with van der Waals surface area (Å²) in [6, 6.07) is 13.0. The maximum Gasteiger partial charge on any atom is 0.221 e. The van der Waals surface area contributed by atoms with Crippen molar-refractivity contribution < 1.29 is 13.2 Å². The van der Waals surface area contributed by atoms with Crippen molar-refractivity contribution in [2.45, 2.75) is 32.6 Å². The molecule has 0 saturated heterocycles. The van der Waals surface area contributed by atoms with Crippen LogP contribution in [-0.2, 0) is 26.9 Å². The van der Waals surface area contributed by atoms with Crippen molar-refractivity contribution in [3.63, 3.8) is 0 Å². The normalized spacial score (nSPS) is 11.3. The Hall–Kier alpha value is -1.85. The minimum Gasteiger partial charge on any atom is -0.352 e. The third-order valence-electron chi connectivity index (χ3n) is 3.95. The Labute approximate surface area is 154 Å². The second-order valence-corrected chi connectivity index (χ2v) is 8.73. The van der Waals surface area contributed by atoms with E-state index >= 15 is 0 Å². The minimum atomic E-state index is -3.35. The molecule has 2 aromatic carbocycles. The van der Waals surface area contributed by atoms with Gasteiger partial charge >= 0.3 is 0 Å². The molecule has 0 aromatic heterocycles. The van der Waals surface area contributed by atoms with Gasteiger partial charge in [0, 0.05) is 18.0 Å². The summed E-state index contributed by atoms with van der Waals surface area (Å²) in [6.07, 6.45) is -0.0579. The Bertz CT molecular complexity index is 863. The monoisotopic (exact) mass is 379 g/mol. The minimum absolute atomic E-state index is 0.0433. The van der Waals surface area contributed by atoms with Crippen LogP contribution in [0.2, 0.25) is 5.02 Å². The number of hydrogen-bond donors (Lipinski definition) is 1. The molecule has 0 atom stereocenters. The van der Waals surface area contributed by atoms with Crippen molar-refractivity contribution in [1.82, 2.24) is 5.32 Å². The summed E-state index contributed by atoms with van der Waals surface area (Å²) in [5, 5.41) is 3.28. The van der Waals surface area contributed by atoms with E-state index in [1.54, 1.807) is 6.07 Å². The molecule has 134 valence electrons. The number of halogens is 1. The molecule has 0 spiro atoms. The Morgan fingerprint density at radius 3 is 2.52 bits per heavy atom. The zero-order valence-electron chi connectivity index (χ0n) is 14.4. The molecule has 1 N–H and O–H groups in total. The molecule has 0 aliphatic carbocycles. The van der Waals surface area contributed by atoms with Gasteiger partial charge in [-0.3, -0.25) is 4.79 Å². The van der Waals surface area contributed by atoms with E-state index in [9.17, 15) is 13.2 Å². The van der Waals surface area contributed by atoms with Gasteiger partial charge in [0.15, 0.2) is 9.84 Å². The van der Waals surface area contributed by atoms with Crippen LogP contribution in [0.25, 0.3) is 0 Å². The summed E-state index contributed by atoms with van der Waals surface area (Å²) in [6.45, 7) is 4.11. The number of benzene rings is 2. The molecule has 2 aromatic rings. The van der Waals surface area contributed by atoms with E-state index in [0.29, 0.717) is 5.02 Å². The first-order chi connectivity index (χ1) is 11.8. The summed E-state index contributed by atoms with van der Waals surface area (Å²) in [4.78, 5) is 11.9. The quantitative estimate of drug-likeness (QED) is 0.799. The molecule has 0 fully saturated rings. The van der Waals surface area contributed by atoms with Crippen molar-refractivity contribution in [2.24, 2.45) is 0 Å². The molecule has 25 heavy (non-hydrogen) atoms. The van der Waals surface area contributed by atoms with Gasteiger partial charge in [0.1, 0.15) is 0 Å². The van der Waals surface area contributed by atoms with Crippen molar-refractivity contribution in [3.05, 3.63) is 69.7 Å². The zero-order valence-corrected chi connectivity index (χ0v) is 16.0. The van der Waals surface area contributed by atoms with E-state index in [4.69, 9.17) is 11.6 Å². The second kappa shape index (κ2) is 8.50. The van der Waals surface area contributed by atoms with Crippen LogP contribution >= 0.6 is 11.6 Å². The highest BCUT2D eigenvalue weighted by molar-refractivity contribution is 7.90. The molecule has 2 rings (SSSR count). The van der Waals surface area contributed by atoms with Gasteiger partial charge in [0.05, 0.1) is 11.5 Å². The van der Waals surface area contributed by atoms with Crippen molar-refractivity contribution in [2.75, 3.05) is 5.75 Å². The fourth-order valence-corrected chi connectivity index (χ4v) is 4.07. The Kier molecular flexibility index (Phi) is 6.62. The van der Waals surface area contributed by atoms with Crippen LogP contribution in [0.15, 0.2) is 42.5 Å². The van der Waals surface area contributed by atoms with E-state index in [0.717, 1.165) is 22.3 Å². The summed E-state index contributed by atoms with van der Waals surface area (Å²) < 4.78 is 24.6. The maximum absolute atomic E-state index is 12.3. The highest BCUT2D eigenvalue weighted by atomic mass is 35.5. The van der Waals surface area contributed by atoms with E-state index in [1.807, 2.05) is 50.2 Å². The van der Waals surface area contributed by atoms with Crippen LogP contribution in [0.3, 0.4) is 0 Å². The van der Waals surface area contributed by atoms with Gasteiger partial charge in [0.2, 0.25) is 5.91 Å². The lowest BCUT2D eigenvalue weighted by atomic mass is 10.1. The number of sulfone groups is 1. The van der Waals surface area contributed by atoms with E-state index in [1.165, 1.54) is 0 Å². The fourth-order valence-electron chi connectivity index (χ4n) is 2.44. The highest BCUT2D eigenvalue weighted by Crippen LogP contribution is 2.16. The molecule has 0 bridgehead atoms. The van der Waals surface area contributed by atoms with Crippen LogP contribution < -0.4 is 5.32 Å². The van der Waals surface area contributed by atoms with E-state index in [-0.39, 0.29) is 30.4 Å². The van der Waals surface area contributed by atoms with Crippen molar-refractivity contribution in [3.8, 4) is 0 Å². The predicted octanol–water partition coefficient (Wildman–Crippen LogP) is 3.58. The van der Waals surface area contributed by atoms with Gasteiger partial charge in [-0.1, -0.05) is 53.6 Å². The lowest BCUT2D eigenvalue weighted by Gasteiger charge is -2.09. The number of rotatable bonds is 7. The molecule has 0 radical (unpaired) electrons. The van der Waals surface area contributed by atoms with Crippen LogP contribution in [0.4, 0.5) is 0 Å². The molecule has 0 unspecified atom stereocenters. The molecular weight excluding hydrogens is 358 g/mol. The topological polar surface area (TPSA) is 63.2 Å². The van der Waals surface area contributed by atoms with Crippen molar-refractivity contribution in [1.29, 1.82) is 0 Å². The zero-order chi connectivity index (χ0) is 18.4. The van der Waals surface area contributed by atoms with Crippen LogP contribution in [-0.4, -0.2) is 20.1 Å². The molecular formula is C19H22ClNO3S. The van der Waals surface area contributed by atoms with Crippen LogP contribution in [0.5, 0.6) is 0 Å². The number of carbonyl (C=O) groups excluding carboxylic acids is 1. The second-order valence-electron chi connectivity index (χ2n) is 6.14.